The van der Waals surface area contributed by atoms with Gasteiger partial charge in [0.2, 0.25) is 17.7 Å². The van der Waals surface area contributed by atoms with Crippen molar-refractivity contribution in [2.45, 2.75) is 56.7 Å². The Balaban J connectivity index is 1.86. The van der Waals surface area contributed by atoms with Crippen LogP contribution >= 0.6 is 0 Å². The second-order valence-corrected chi connectivity index (χ2v) is 10.3. The Morgan fingerprint density at radius 1 is 0.795 bits per heavy atom. The van der Waals surface area contributed by atoms with Crippen molar-refractivity contribution < 1.29 is 29.1 Å². The van der Waals surface area contributed by atoms with E-state index in [9.17, 15) is 24.0 Å². The third-order valence-electron chi connectivity index (χ3n) is 6.90. The molecule has 0 bridgehead atoms. The fourth-order valence-electron chi connectivity index (χ4n) is 4.69. The highest BCUT2D eigenvalue weighted by Gasteiger charge is 2.29. The van der Waals surface area contributed by atoms with Crippen LogP contribution in [0.3, 0.4) is 0 Å². The van der Waals surface area contributed by atoms with Crippen molar-refractivity contribution in [1.29, 1.82) is 0 Å². The van der Waals surface area contributed by atoms with Gasteiger partial charge in [-0.05, 0) is 34.7 Å². The van der Waals surface area contributed by atoms with Gasteiger partial charge in [-0.25, -0.2) is 0 Å². The Morgan fingerprint density at radius 2 is 1.45 bits per heavy atom. The van der Waals surface area contributed by atoms with Crippen molar-refractivity contribution >= 4 is 46.7 Å². The van der Waals surface area contributed by atoms with Crippen molar-refractivity contribution in [1.82, 2.24) is 16.0 Å². The van der Waals surface area contributed by atoms with Gasteiger partial charge in [-0.1, -0.05) is 72.8 Å². The van der Waals surface area contributed by atoms with Crippen LogP contribution in [0.4, 0.5) is 0 Å². The molecule has 2 unspecified atom stereocenters. The first-order valence-corrected chi connectivity index (χ1v) is 14.3. The number of fused-ring (bicyclic) bond motifs is 1. The van der Waals surface area contributed by atoms with E-state index in [1.165, 1.54) is 0 Å². The maximum atomic E-state index is 13.7. The second-order valence-electron chi connectivity index (χ2n) is 10.3. The number of nitrogens with two attached hydrogens (primary N) is 2. The topological polar surface area (TPSA) is 206 Å². The van der Waals surface area contributed by atoms with E-state index in [-0.39, 0.29) is 38.2 Å². The van der Waals surface area contributed by atoms with Crippen LogP contribution < -0.4 is 27.4 Å². The lowest BCUT2D eigenvalue weighted by Gasteiger charge is -2.25. The number of guanidine groups is 1. The summed E-state index contributed by atoms with van der Waals surface area (Å²) in [4.78, 5) is 66.5. The number of aldehydes is 1. The smallest absolute Gasteiger partial charge is 0.303 e. The number of hydrogen-bond donors (Lipinski definition) is 6. The van der Waals surface area contributed by atoms with Crippen LogP contribution in [0, 0.1) is 0 Å². The third-order valence-corrected chi connectivity index (χ3v) is 6.90. The highest BCUT2D eigenvalue weighted by molar-refractivity contribution is 5.94. The van der Waals surface area contributed by atoms with Crippen LogP contribution in [0.25, 0.3) is 10.8 Å². The lowest BCUT2D eigenvalue weighted by molar-refractivity contribution is -0.139. The Morgan fingerprint density at radius 3 is 2.16 bits per heavy atom. The number of aliphatic carboxylic acids is 1. The largest absolute Gasteiger partial charge is 0.481 e. The zero-order chi connectivity index (χ0) is 31.9. The molecule has 8 N–H and O–H groups in total. The molecule has 12 nitrogen and oxygen atoms in total. The summed E-state index contributed by atoms with van der Waals surface area (Å²) in [5.41, 5.74) is 12.2. The predicted molar refractivity (Wildman–Crippen MR) is 166 cm³/mol. The summed E-state index contributed by atoms with van der Waals surface area (Å²) in [6.45, 7) is 0.279. The molecule has 0 aliphatic carbocycles. The molecular formula is C32H38N6O6. The second kappa shape index (κ2) is 17.0. The molecule has 0 heterocycles. The van der Waals surface area contributed by atoms with Crippen molar-refractivity contribution in [3.63, 3.8) is 0 Å². The summed E-state index contributed by atoms with van der Waals surface area (Å²) in [5, 5.41) is 18.9. The summed E-state index contributed by atoms with van der Waals surface area (Å²) in [6, 6.07) is 19.2. The number of nitrogens with one attached hydrogen (secondary N) is 3. The van der Waals surface area contributed by atoms with E-state index in [0.717, 1.165) is 21.9 Å². The molecule has 0 saturated heterocycles. The predicted octanol–water partition coefficient (Wildman–Crippen LogP) is 1.20. The quantitative estimate of drug-likeness (QED) is 0.0571. The van der Waals surface area contributed by atoms with E-state index >= 15 is 0 Å². The van der Waals surface area contributed by atoms with Crippen molar-refractivity contribution in [2.24, 2.45) is 16.5 Å². The van der Waals surface area contributed by atoms with Crippen LogP contribution in [-0.2, 0) is 36.8 Å². The van der Waals surface area contributed by atoms with Gasteiger partial charge in [0.15, 0.2) is 5.96 Å². The van der Waals surface area contributed by atoms with Gasteiger partial charge in [-0.2, -0.15) is 0 Å². The van der Waals surface area contributed by atoms with Gasteiger partial charge in [0, 0.05) is 25.8 Å². The molecular weight excluding hydrogens is 564 g/mol. The first-order chi connectivity index (χ1) is 21.2. The van der Waals surface area contributed by atoms with Crippen LogP contribution in [0.2, 0.25) is 0 Å². The fraction of sp³-hybridized carbons (Fsp3) is 0.312. The number of rotatable bonds is 17. The normalized spacial score (nSPS) is 12.7. The molecule has 232 valence electrons. The summed E-state index contributed by atoms with van der Waals surface area (Å²) < 4.78 is 0. The Hall–Kier alpha value is -5.26. The first-order valence-electron chi connectivity index (χ1n) is 14.3. The zero-order valence-corrected chi connectivity index (χ0v) is 24.3. The number of carboxylic acids is 1. The number of aliphatic imine (C=N–C) groups is 1. The molecule has 0 saturated carbocycles. The molecule has 0 fully saturated rings. The van der Waals surface area contributed by atoms with E-state index in [2.05, 4.69) is 20.9 Å². The van der Waals surface area contributed by atoms with Crippen molar-refractivity contribution in [3.8, 4) is 0 Å². The van der Waals surface area contributed by atoms with E-state index < -0.39 is 48.2 Å². The highest BCUT2D eigenvalue weighted by atomic mass is 16.4. The Kier molecular flexibility index (Phi) is 12.8. The van der Waals surface area contributed by atoms with Gasteiger partial charge < -0.3 is 37.3 Å². The SMILES string of the molecule is NC(N)=NCCC[C@@H](C=O)NC(=O)C(Cc1cccc2ccccc12)NC(=O)C(Cc1ccccc1)NC(=O)CCC(=O)O. The molecule has 0 aliphatic rings. The number of benzene rings is 3. The lowest BCUT2D eigenvalue weighted by atomic mass is 9.97. The monoisotopic (exact) mass is 602 g/mol. The third kappa shape index (κ3) is 10.9. The van der Waals surface area contributed by atoms with Gasteiger partial charge >= 0.3 is 5.97 Å². The lowest BCUT2D eigenvalue weighted by Crippen LogP contribution is -2.56. The van der Waals surface area contributed by atoms with Gasteiger partial charge in [0.25, 0.3) is 0 Å². The van der Waals surface area contributed by atoms with Gasteiger partial charge in [-0.15, -0.1) is 0 Å². The Bertz CT molecular complexity index is 1470. The maximum absolute atomic E-state index is 13.7. The van der Waals surface area contributed by atoms with Crippen LogP contribution in [0.1, 0.15) is 36.8 Å². The number of carboxylic acid groups (broad SMARTS) is 1. The Labute approximate surface area is 255 Å². The zero-order valence-electron chi connectivity index (χ0n) is 24.3. The molecule has 3 amide bonds. The van der Waals surface area contributed by atoms with Crippen molar-refractivity contribution in [3.05, 3.63) is 83.9 Å². The summed E-state index contributed by atoms with van der Waals surface area (Å²) in [6.07, 6.45) is 0.827. The molecule has 0 spiro atoms. The average molecular weight is 603 g/mol. The van der Waals surface area contributed by atoms with Crippen LogP contribution in [-0.4, -0.2) is 65.7 Å². The molecule has 3 atom stereocenters. The standard InChI is InChI=1S/C32H38N6O6/c33-32(34)35-17-7-13-24(20-39)36-30(43)27(19-23-12-6-11-22-10-4-5-14-25(22)23)38-31(44)26(18-21-8-2-1-3-9-21)37-28(40)15-16-29(41)42/h1-6,8-12,14,20,24,26-27H,7,13,15-19H2,(H,36,43)(H,37,40)(H,38,44)(H,41,42)(H4,33,34,35)/t24-,26?,27?/m0/s1. The molecule has 44 heavy (non-hydrogen) atoms. The van der Waals surface area contributed by atoms with E-state index in [1.54, 1.807) is 24.3 Å². The van der Waals surface area contributed by atoms with Gasteiger partial charge in [-0.3, -0.25) is 24.2 Å². The molecule has 0 radical (unpaired) electrons. The molecule has 3 rings (SSSR count). The molecule has 3 aromatic rings. The minimum Gasteiger partial charge on any atom is -0.481 e. The minimum atomic E-state index is -1.14. The van der Waals surface area contributed by atoms with Gasteiger partial charge in [0.05, 0.1) is 12.5 Å². The number of amides is 3. The maximum Gasteiger partial charge on any atom is 0.303 e. The van der Waals surface area contributed by atoms with Crippen LogP contribution in [0.15, 0.2) is 77.8 Å². The average Bonchev–Trinajstić information content (AvgIpc) is 3.01. The van der Waals surface area contributed by atoms with Crippen molar-refractivity contribution in [2.75, 3.05) is 6.54 Å². The molecule has 3 aromatic carbocycles. The number of hydrogen-bond acceptors (Lipinski definition) is 6. The minimum absolute atomic E-state index is 0.0744. The summed E-state index contributed by atoms with van der Waals surface area (Å²) in [7, 11) is 0. The number of carbonyl (C=O) groups is 5. The molecule has 0 aromatic heterocycles. The molecule has 0 aliphatic heterocycles. The molecule has 12 heteroatoms. The first kappa shape index (κ1) is 33.2. The summed E-state index contributed by atoms with van der Waals surface area (Å²) in [5.74, 6) is -3.04. The van der Waals surface area contributed by atoms with Crippen LogP contribution in [0.5, 0.6) is 0 Å². The van der Waals surface area contributed by atoms with Gasteiger partial charge in [0.1, 0.15) is 18.4 Å². The number of carbonyl (C=O) groups excluding carboxylic acids is 4. The summed E-state index contributed by atoms with van der Waals surface area (Å²) >= 11 is 0. The fourth-order valence-corrected chi connectivity index (χ4v) is 4.69. The van der Waals surface area contributed by atoms with E-state index in [1.807, 2.05) is 48.5 Å². The highest BCUT2D eigenvalue weighted by Crippen LogP contribution is 2.20. The number of nitrogens with zero attached hydrogens (tertiary/aromatic N) is 1. The van der Waals surface area contributed by atoms with E-state index in [4.69, 9.17) is 16.6 Å². The van der Waals surface area contributed by atoms with E-state index in [0.29, 0.717) is 12.7 Å².